The molecule has 8 heteroatoms. The van der Waals surface area contributed by atoms with Crippen LogP contribution in [0.4, 0.5) is 10.5 Å². The topological polar surface area (TPSA) is 102 Å². The predicted molar refractivity (Wildman–Crippen MR) is 73.0 cm³/mol. The summed E-state index contributed by atoms with van der Waals surface area (Å²) >= 11 is 0. The highest BCUT2D eigenvalue weighted by atomic mass is 35.5. The summed E-state index contributed by atoms with van der Waals surface area (Å²) < 4.78 is 4.90. The van der Waals surface area contributed by atoms with Crippen LogP contribution in [0.5, 0.6) is 5.75 Å². The molecule has 1 aliphatic rings. The molecule has 0 radical (unpaired) electrons. The maximum Gasteiger partial charge on any atom is 0.407 e. The largest absolute Gasteiger partial charge is 0.508 e. The molecule has 0 aromatic heterocycles. The van der Waals surface area contributed by atoms with Crippen molar-refractivity contribution in [3.8, 4) is 5.75 Å². The van der Waals surface area contributed by atoms with Crippen LogP contribution in [0.2, 0.25) is 0 Å². The molecule has 1 saturated heterocycles. The third-order valence-electron chi connectivity index (χ3n) is 3.15. The molecule has 1 aromatic rings. The molecular formula is C12H15ClN2O5. The Morgan fingerprint density at radius 2 is 2.15 bits per heavy atom. The first kappa shape index (κ1) is 16.0. The van der Waals surface area contributed by atoms with Gasteiger partial charge in [0.1, 0.15) is 12.4 Å². The Balaban J connectivity index is 0.00000200. The van der Waals surface area contributed by atoms with Crippen molar-refractivity contribution in [2.75, 3.05) is 6.61 Å². The number of nitro groups is 1. The summed E-state index contributed by atoms with van der Waals surface area (Å²) in [6.45, 7) is 3.86. The van der Waals surface area contributed by atoms with E-state index in [2.05, 4.69) is 5.32 Å². The molecule has 1 fully saturated rings. The van der Waals surface area contributed by atoms with Crippen molar-refractivity contribution in [2.45, 2.75) is 19.9 Å². The van der Waals surface area contributed by atoms with E-state index in [0.717, 1.165) is 0 Å². The van der Waals surface area contributed by atoms with E-state index in [1.54, 1.807) is 0 Å². The van der Waals surface area contributed by atoms with E-state index in [0.29, 0.717) is 5.56 Å². The van der Waals surface area contributed by atoms with Crippen LogP contribution in [-0.2, 0) is 4.74 Å². The molecule has 1 atom stereocenters. The van der Waals surface area contributed by atoms with Crippen LogP contribution in [-0.4, -0.2) is 22.7 Å². The van der Waals surface area contributed by atoms with Gasteiger partial charge in [-0.15, -0.1) is 12.4 Å². The molecule has 1 aromatic carbocycles. The van der Waals surface area contributed by atoms with Gasteiger partial charge in [0.25, 0.3) is 5.69 Å². The zero-order valence-electron chi connectivity index (χ0n) is 11.0. The number of cyclic esters (lactones) is 1. The first-order chi connectivity index (χ1) is 8.81. The monoisotopic (exact) mass is 302 g/mol. The minimum Gasteiger partial charge on any atom is -0.508 e. The molecule has 1 amide bonds. The van der Waals surface area contributed by atoms with Gasteiger partial charge in [-0.05, 0) is 6.07 Å². The van der Waals surface area contributed by atoms with Crippen molar-refractivity contribution in [3.05, 3.63) is 33.9 Å². The lowest BCUT2D eigenvalue weighted by Crippen LogP contribution is -2.46. The summed E-state index contributed by atoms with van der Waals surface area (Å²) in [6.07, 6.45) is -0.602. The normalized spacial score (nSPS) is 20.3. The number of alkyl carbamates (subject to hydrolysis) is 1. The van der Waals surface area contributed by atoms with E-state index in [9.17, 15) is 20.0 Å². The van der Waals surface area contributed by atoms with E-state index < -0.39 is 22.5 Å². The second-order valence-corrected chi connectivity index (χ2v) is 5.14. The molecule has 110 valence electrons. The summed E-state index contributed by atoms with van der Waals surface area (Å²) in [4.78, 5) is 21.6. The Hall–Kier alpha value is -2.02. The number of hydrogen-bond acceptors (Lipinski definition) is 5. The number of hydrogen-bond donors (Lipinski definition) is 2. The van der Waals surface area contributed by atoms with Crippen molar-refractivity contribution < 1.29 is 19.6 Å². The molecule has 20 heavy (non-hydrogen) atoms. The molecule has 0 bridgehead atoms. The van der Waals surface area contributed by atoms with E-state index in [-0.39, 0.29) is 30.5 Å². The number of phenols is 1. The lowest BCUT2D eigenvalue weighted by atomic mass is 9.80. The number of carbonyl (C=O) groups excluding carboxylic acids is 1. The van der Waals surface area contributed by atoms with E-state index in [4.69, 9.17) is 4.74 Å². The molecule has 1 heterocycles. The third kappa shape index (κ3) is 2.93. The number of benzene rings is 1. The maximum atomic E-state index is 11.3. The van der Waals surface area contributed by atoms with Crippen molar-refractivity contribution in [3.63, 3.8) is 0 Å². The highest BCUT2D eigenvalue weighted by Gasteiger charge is 2.39. The summed E-state index contributed by atoms with van der Waals surface area (Å²) in [5, 5.41) is 23.2. The number of rotatable bonds is 2. The summed E-state index contributed by atoms with van der Waals surface area (Å²) in [7, 11) is 0. The van der Waals surface area contributed by atoms with Crippen LogP contribution in [0.1, 0.15) is 25.5 Å². The van der Waals surface area contributed by atoms with Gasteiger partial charge in [-0.1, -0.05) is 13.8 Å². The van der Waals surface area contributed by atoms with E-state index in [1.807, 2.05) is 13.8 Å². The highest BCUT2D eigenvalue weighted by Crippen LogP contribution is 2.41. The maximum absolute atomic E-state index is 11.3. The zero-order valence-corrected chi connectivity index (χ0v) is 11.8. The fraction of sp³-hybridized carbons (Fsp3) is 0.417. The van der Waals surface area contributed by atoms with Crippen molar-refractivity contribution >= 4 is 24.2 Å². The first-order valence-electron chi connectivity index (χ1n) is 5.72. The molecule has 0 saturated carbocycles. The van der Waals surface area contributed by atoms with Crippen molar-refractivity contribution in [2.24, 2.45) is 5.41 Å². The van der Waals surface area contributed by atoms with Crippen LogP contribution in [0.25, 0.3) is 0 Å². The van der Waals surface area contributed by atoms with Crippen LogP contribution < -0.4 is 5.32 Å². The lowest BCUT2D eigenvalue weighted by molar-refractivity contribution is -0.385. The minimum atomic E-state index is -0.602. The standard InChI is InChI=1S/C12H14N2O5.ClH/c1-12(2)6-19-11(16)13-10(12)8-5-7(14(17)18)3-4-9(8)15;/h3-5,10,15H,6H2,1-2H3,(H,13,16);1H/t10-;/m1./s1. The van der Waals surface area contributed by atoms with Crippen molar-refractivity contribution in [1.29, 1.82) is 0 Å². The number of phenolic OH excluding ortho intramolecular Hbond substituents is 1. The molecule has 0 unspecified atom stereocenters. The Morgan fingerprint density at radius 3 is 2.75 bits per heavy atom. The number of nitrogens with one attached hydrogen (secondary N) is 1. The van der Waals surface area contributed by atoms with Gasteiger partial charge in [0.15, 0.2) is 0 Å². The number of halogens is 1. The Bertz CT molecular complexity index is 547. The van der Waals surface area contributed by atoms with Crippen LogP contribution in [0.3, 0.4) is 0 Å². The Morgan fingerprint density at radius 1 is 1.50 bits per heavy atom. The Labute approximate surface area is 121 Å². The second kappa shape index (κ2) is 5.54. The minimum absolute atomic E-state index is 0. The number of non-ortho nitro benzene ring substituents is 1. The summed E-state index contributed by atoms with van der Waals surface area (Å²) in [5.41, 5.74) is -0.305. The number of ether oxygens (including phenoxy) is 1. The third-order valence-corrected chi connectivity index (χ3v) is 3.15. The Kier molecular flexibility index (Phi) is 4.44. The van der Waals surface area contributed by atoms with Gasteiger partial charge in [0, 0.05) is 23.1 Å². The number of aromatic hydroxyl groups is 1. The van der Waals surface area contributed by atoms with E-state index >= 15 is 0 Å². The lowest BCUT2D eigenvalue weighted by Gasteiger charge is -2.38. The van der Waals surface area contributed by atoms with Crippen LogP contribution in [0.15, 0.2) is 18.2 Å². The van der Waals surface area contributed by atoms with Gasteiger partial charge in [-0.25, -0.2) is 4.79 Å². The number of carbonyl (C=O) groups is 1. The van der Waals surface area contributed by atoms with Gasteiger partial charge < -0.3 is 15.2 Å². The van der Waals surface area contributed by atoms with Crippen LogP contribution in [0, 0.1) is 15.5 Å². The zero-order chi connectivity index (χ0) is 14.2. The molecule has 2 N–H and O–H groups in total. The van der Waals surface area contributed by atoms with Crippen molar-refractivity contribution in [1.82, 2.24) is 5.32 Å². The molecular weight excluding hydrogens is 288 g/mol. The van der Waals surface area contributed by atoms with Gasteiger partial charge in [0.05, 0.1) is 11.0 Å². The summed E-state index contributed by atoms with van der Waals surface area (Å²) in [6, 6.07) is 3.19. The number of nitrogens with zero attached hydrogens (tertiary/aromatic N) is 1. The van der Waals surface area contributed by atoms with E-state index in [1.165, 1.54) is 18.2 Å². The average molecular weight is 303 g/mol. The second-order valence-electron chi connectivity index (χ2n) is 5.14. The molecule has 7 nitrogen and oxygen atoms in total. The molecule has 2 rings (SSSR count). The number of nitro benzene ring substituents is 1. The first-order valence-corrected chi connectivity index (χ1v) is 5.72. The van der Waals surface area contributed by atoms with Crippen LogP contribution >= 0.6 is 12.4 Å². The van der Waals surface area contributed by atoms with Gasteiger partial charge >= 0.3 is 6.09 Å². The van der Waals surface area contributed by atoms with Gasteiger partial charge in [-0.2, -0.15) is 0 Å². The molecule has 0 spiro atoms. The predicted octanol–water partition coefficient (Wildman–Crippen LogP) is 2.53. The van der Waals surface area contributed by atoms with Gasteiger partial charge in [-0.3, -0.25) is 10.1 Å². The number of amides is 1. The highest BCUT2D eigenvalue weighted by molar-refractivity contribution is 5.85. The quantitative estimate of drug-likeness (QED) is 0.645. The molecule has 1 aliphatic heterocycles. The fourth-order valence-corrected chi connectivity index (χ4v) is 2.08. The van der Waals surface area contributed by atoms with Gasteiger partial charge in [0.2, 0.25) is 0 Å². The fourth-order valence-electron chi connectivity index (χ4n) is 2.08. The summed E-state index contributed by atoms with van der Waals surface area (Å²) in [5.74, 6) is -0.0918. The molecule has 0 aliphatic carbocycles. The average Bonchev–Trinajstić information content (AvgIpc) is 2.33. The smallest absolute Gasteiger partial charge is 0.407 e. The SMILES string of the molecule is CC1(C)COC(=O)N[C@@H]1c1cc([N+](=O)[O-])ccc1O.Cl.